The maximum absolute atomic E-state index is 14.6. The maximum atomic E-state index is 14.6. The molecule has 4 nitrogen and oxygen atoms in total. The van der Waals surface area contributed by atoms with Crippen molar-refractivity contribution >= 4 is 17.5 Å². The number of amides is 2. The van der Waals surface area contributed by atoms with Crippen LogP contribution in [-0.4, -0.2) is 11.8 Å². The second-order valence-electron chi connectivity index (χ2n) is 8.81. The van der Waals surface area contributed by atoms with Gasteiger partial charge in [0.05, 0.1) is 5.56 Å². The molecule has 5 rings (SSSR count). The van der Waals surface area contributed by atoms with E-state index in [0.717, 1.165) is 27.8 Å². The quantitative estimate of drug-likeness (QED) is 0.246. The molecule has 0 aromatic heterocycles. The van der Waals surface area contributed by atoms with Gasteiger partial charge >= 0.3 is 0 Å². The fourth-order valence-electron chi connectivity index (χ4n) is 4.25. The lowest BCUT2D eigenvalue weighted by Crippen LogP contribution is -2.24. The second-order valence-corrected chi connectivity index (χ2v) is 8.81. The number of nitrogens with one attached hydrogen (secondary N) is 2. The largest absolute Gasteiger partial charge is 0.348 e. The number of anilines is 1. The van der Waals surface area contributed by atoms with Crippen LogP contribution in [0.1, 0.15) is 26.3 Å². The van der Waals surface area contributed by atoms with Crippen molar-refractivity contribution in [3.8, 4) is 22.3 Å². The summed E-state index contributed by atoms with van der Waals surface area (Å²) in [4.78, 5) is 25.9. The maximum Gasteiger partial charge on any atom is 0.256 e. The Labute approximate surface area is 220 Å². The molecule has 2 amide bonds. The summed E-state index contributed by atoms with van der Waals surface area (Å²) < 4.78 is 14.6. The van der Waals surface area contributed by atoms with Crippen molar-refractivity contribution in [2.24, 2.45) is 0 Å². The first kappa shape index (κ1) is 24.7. The average molecular weight is 501 g/mol. The van der Waals surface area contributed by atoms with Gasteiger partial charge in [0, 0.05) is 17.8 Å². The standard InChI is InChI=1S/C33H25FN2O2/c34-31-20-19-27(36-33(38)29-14-8-7-13-28(29)26-11-5-2-6-12-26)21-30(31)32(37)35-22-23-15-17-25(18-16-23)24-9-3-1-4-10-24/h1-21H,22H2,(H,35,37)(H,36,38). The van der Waals surface area contributed by atoms with E-state index in [1.54, 1.807) is 12.1 Å². The third kappa shape index (κ3) is 5.68. The van der Waals surface area contributed by atoms with Crippen molar-refractivity contribution in [3.05, 3.63) is 150 Å². The molecule has 38 heavy (non-hydrogen) atoms. The van der Waals surface area contributed by atoms with Crippen molar-refractivity contribution < 1.29 is 14.0 Å². The fraction of sp³-hybridized carbons (Fsp3) is 0.0303. The normalized spacial score (nSPS) is 10.6. The predicted octanol–water partition coefficient (Wildman–Crippen LogP) is 7.34. The Morgan fingerprint density at radius 3 is 1.89 bits per heavy atom. The monoisotopic (exact) mass is 500 g/mol. The van der Waals surface area contributed by atoms with Crippen molar-refractivity contribution in [2.75, 3.05) is 5.32 Å². The minimum Gasteiger partial charge on any atom is -0.348 e. The molecule has 0 aliphatic carbocycles. The molecule has 5 aromatic carbocycles. The van der Waals surface area contributed by atoms with Gasteiger partial charge in [-0.05, 0) is 52.1 Å². The third-order valence-electron chi connectivity index (χ3n) is 6.24. The highest BCUT2D eigenvalue weighted by Gasteiger charge is 2.16. The zero-order valence-electron chi connectivity index (χ0n) is 20.5. The molecule has 0 unspecified atom stereocenters. The Morgan fingerprint density at radius 1 is 0.579 bits per heavy atom. The highest BCUT2D eigenvalue weighted by Crippen LogP contribution is 2.25. The van der Waals surface area contributed by atoms with Gasteiger partial charge in [0.15, 0.2) is 0 Å². The van der Waals surface area contributed by atoms with Gasteiger partial charge < -0.3 is 10.6 Å². The van der Waals surface area contributed by atoms with Crippen LogP contribution in [0.3, 0.4) is 0 Å². The lowest BCUT2D eigenvalue weighted by molar-refractivity contribution is 0.0945. The molecule has 5 heteroatoms. The Hall–Kier alpha value is -5.03. The number of hydrogen-bond donors (Lipinski definition) is 2. The van der Waals surface area contributed by atoms with E-state index in [1.165, 1.54) is 18.2 Å². The van der Waals surface area contributed by atoms with Crippen LogP contribution in [0, 0.1) is 5.82 Å². The number of hydrogen-bond acceptors (Lipinski definition) is 2. The van der Waals surface area contributed by atoms with E-state index < -0.39 is 11.7 Å². The van der Waals surface area contributed by atoms with Crippen LogP contribution in [0.15, 0.2) is 127 Å². The van der Waals surface area contributed by atoms with Gasteiger partial charge in [0.25, 0.3) is 11.8 Å². The summed E-state index contributed by atoms with van der Waals surface area (Å²) in [5.41, 5.74) is 5.43. The molecule has 2 N–H and O–H groups in total. The van der Waals surface area contributed by atoms with Gasteiger partial charge in [-0.15, -0.1) is 0 Å². The van der Waals surface area contributed by atoms with Crippen molar-refractivity contribution in [1.29, 1.82) is 0 Å². The van der Waals surface area contributed by atoms with Crippen LogP contribution < -0.4 is 10.6 Å². The summed E-state index contributed by atoms with van der Waals surface area (Å²) in [6, 6.07) is 38.7. The topological polar surface area (TPSA) is 58.2 Å². The number of benzene rings is 5. The zero-order chi connectivity index (χ0) is 26.3. The van der Waals surface area contributed by atoms with Gasteiger partial charge in [0.1, 0.15) is 5.82 Å². The molecule has 0 aliphatic rings. The first-order valence-electron chi connectivity index (χ1n) is 12.3. The summed E-state index contributed by atoms with van der Waals surface area (Å²) in [5.74, 6) is -1.57. The fourth-order valence-corrected chi connectivity index (χ4v) is 4.25. The van der Waals surface area contributed by atoms with E-state index in [0.29, 0.717) is 11.3 Å². The van der Waals surface area contributed by atoms with E-state index in [9.17, 15) is 14.0 Å². The summed E-state index contributed by atoms with van der Waals surface area (Å²) in [5, 5.41) is 5.57. The molecule has 0 heterocycles. The van der Waals surface area contributed by atoms with E-state index in [2.05, 4.69) is 10.6 Å². The molecule has 0 aliphatic heterocycles. The lowest BCUT2D eigenvalue weighted by Gasteiger charge is -2.12. The van der Waals surface area contributed by atoms with Crippen LogP contribution in [0.2, 0.25) is 0 Å². The van der Waals surface area contributed by atoms with Gasteiger partial charge in [-0.2, -0.15) is 0 Å². The van der Waals surface area contributed by atoms with Crippen LogP contribution >= 0.6 is 0 Å². The molecule has 0 saturated heterocycles. The highest BCUT2D eigenvalue weighted by atomic mass is 19.1. The summed E-state index contributed by atoms with van der Waals surface area (Å²) >= 11 is 0. The van der Waals surface area contributed by atoms with Crippen molar-refractivity contribution in [2.45, 2.75) is 6.54 Å². The van der Waals surface area contributed by atoms with E-state index >= 15 is 0 Å². The molecular formula is C33H25FN2O2. The predicted molar refractivity (Wildman–Crippen MR) is 149 cm³/mol. The van der Waals surface area contributed by atoms with Gasteiger partial charge in [-0.3, -0.25) is 9.59 Å². The second kappa shape index (κ2) is 11.4. The molecule has 0 radical (unpaired) electrons. The minimum absolute atomic E-state index is 0.139. The zero-order valence-corrected chi connectivity index (χ0v) is 20.5. The molecule has 5 aromatic rings. The number of carbonyl (C=O) groups is 2. The molecule has 0 saturated carbocycles. The van der Waals surface area contributed by atoms with Gasteiger partial charge in [-0.1, -0.05) is 103 Å². The lowest BCUT2D eigenvalue weighted by atomic mass is 9.99. The van der Waals surface area contributed by atoms with Crippen LogP contribution in [0.25, 0.3) is 22.3 Å². The Bertz CT molecular complexity index is 1570. The Morgan fingerprint density at radius 2 is 1.18 bits per heavy atom. The van der Waals surface area contributed by atoms with Gasteiger partial charge in [-0.25, -0.2) is 4.39 Å². The third-order valence-corrected chi connectivity index (χ3v) is 6.24. The molecule has 186 valence electrons. The van der Waals surface area contributed by atoms with Gasteiger partial charge in [0.2, 0.25) is 0 Å². The molecule has 0 spiro atoms. The molecular weight excluding hydrogens is 475 g/mol. The first-order valence-corrected chi connectivity index (χ1v) is 12.3. The Kier molecular flexibility index (Phi) is 7.37. The summed E-state index contributed by atoms with van der Waals surface area (Å²) in [6.45, 7) is 0.244. The number of rotatable bonds is 7. The minimum atomic E-state index is -0.662. The molecule has 0 atom stereocenters. The van der Waals surface area contributed by atoms with Crippen LogP contribution in [0.5, 0.6) is 0 Å². The average Bonchev–Trinajstić information content (AvgIpc) is 2.98. The van der Waals surface area contributed by atoms with Crippen LogP contribution in [-0.2, 0) is 6.54 Å². The molecule has 0 fully saturated rings. The smallest absolute Gasteiger partial charge is 0.256 e. The SMILES string of the molecule is O=C(NCc1ccc(-c2ccccc2)cc1)c1cc(NC(=O)c2ccccc2-c2ccccc2)ccc1F. The molecule has 0 bridgehead atoms. The van der Waals surface area contributed by atoms with E-state index in [4.69, 9.17) is 0 Å². The summed E-state index contributed by atoms with van der Waals surface area (Å²) in [6.07, 6.45) is 0. The van der Waals surface area contributed by atoms with Crippen molar-refractivity contribution in [1.82, 2.24) is 5.32 Å². The number of halogens is 1. The van der Waals surface area contributed by atoms with E-state index in [1.807, 2.05) is 97.1 Å². The summed E-state index contributed by atoms with van der Waals surface area (Å²) in [7, 11) is 0. The number of carbonyl (C=O) groups excluding carboxylic acids is 2. The Balaban J connectivity index is 1.27. The highest BCUT2D eigenvalue weighted by molar-refractivity contribution is 6.09. The first-order chi connectivity index (χ1) is 18.6. The van der Waals surface area contributed by atoms with E-state index in [-0.39, 0.29) is 18.0 Å². The van der Waals surface area contributed by atoms with Crippen molar-refractivity contribution in [3.63, 3.8) is 0 Å². The van der Waals surface area contributed by atoms with Crippen LogP contribution in [0.4, 0.5) is 10.1 Å².